The van der Waals surface area contributed by atoms with Gasteiger partial charge in [0.2, 0.25) is 0 Å². The second-order valence-corrected chi connectivity index (χ2v) is 3.52. The zero-order chi connectivity index (χ0) is 7.72. The van der Waals surface area contributed by atoms with E-state index in [0.29, 0.717) is 0 Å². The van der Waals surface area contributed by atoms with E-state index in [0.717, 1.165) is 14.7 Å². The summed E-state index contributed by atoms with van der Waals surface area (Å²) in [6.45, 7) is 3.68. The lowest BCUT2D eigenvalue weighted by atomic mass is 10.2. The van der Waals surface area contributed by atoms with Gasteiger partial charge in [-0.05, 0) is 59.7 Å². The van der Waals surface area contributed by atoms with Gasteiger partial charge in [0.15, 0.2) is 0 Å². The van der Waals surface area contributed by atoms with Crippen LogP contribution in [0.5, 0.6) is 0 Å². The standard InChI is InChI=1S/C8H8FI/c1-5-3-7(9)6(2)8(10)4-5/h3-4H,1-2H3. The lowest BCUT2D eigenvalue weighted by Crippen LogP contribution is -1.87. The predicted molar refractivity (Wildman–Crippen MR) is 48.6 cm³/mol. The summed E-state index contributed by atoms with van der Waals surface area (Å²) in [7, 11) is 0. The molecule has 1 aromatic carbocycles. The third-order valence-electron chi connectivity index (χ3n) is 1.43. The van der Waals surface area contributed by atoms with E-state index in [1.165, 1.54) is 0 Å². The molecule has 0 aromatic heterocycles. The van der Waals surface area contributed by atoms with Crippen molar-refractivity contribution >= 4 is 22.6 Å². The Hall–Kier alpha value is -0.120. The Morgan fingerprint density at radius 1 is 1.30 bits per heavy atom. The Morgan fingerprint density at radius 3 is 2.40 bits per heavy atom. The van der Waals surface area contributed by atoms with Gasteiger partial charge in [-0.1, -0.05) is 0 Å². The first-order valence-electron chi connectivity index (χ1n) is 3.03. The molecular weight excluding hydrogens is 242 g/mol. The van der Waals surface area contributed by atoms with Crippen LogP contribution in [-0.2, 0) is 0 Å². The lowest BCUT2D eigenvalue weighted by molar-refractivity contribution is 0.616. The third kappa shape index (κ3) is 1.48. The van der Waals surface area contributed by atoms with Crippen LogP contribution >= 0.6 is 22.6 Å². The highest BCUT2D eigenvalue weighted by Crippen LogP contribution is 2.16. The van der Waals surface area contributed by atoms with Gasteiger partial charge >= 0.3 is 0 Å². The molecule has 0 aliphatic heterocycles. The zero-order valence-corrected chi connectivity index (χ0v) is 8.07. The Balaban J connectivity index is 3.31. The average molecular weight is 250 g/mol. The second-order valence-electron chi connectivity index (χ2n) is 2.35. The summed E-state index contributed by atoms with van der Waals surface area (Å²) in [5.41, 5.74) is 1.72. The number of halogens is 2. The molecule has 0 fully saturated rings. The molecular formula is C8H8FI. The van der Waals surface area contributed by atoms with E-state index in [9.17, 15) is 4.39 Å². The van der Waals surface area contributed by atoms with Crippen molar-refractivity contribution in [2.24, 2.45) is 0 Å². The number of aryl methyl sites for hydroxylation is 1. The van der Waals surface area contributed by atoms with E-state index < -0.39 is 0 Å². The van der Waals surface area contributed by atoms with Crippen LogP contribution in [0.2, 0.25) is 0 Å². The van der Waals surface area contributed by atoms with Gasteiger partial charge in [-0.3, -0.25) is 0 Å². The van der Waals surface area contributed by atoms with Crippen LogP contribution in [0.1, 0.15) is 11.1 Å². The Kier molecular flexibility index (Phi) is 2.28. The lowest BCUT2D eigenvalue weighted by Gasteiger charge is -2.00. The van der Waals surface area contributed by atoms with E-state index in [1.54, 1.807) is 13.0 Å². The highest BCUT2D eigenvalue weighted by Gasteiger charge is 2.00. The molecule has 1 aromatic rings. The fourth-order valence-corrected chi connectivity index (χ4v) is 1.52. The van der Waals surface area contributed by atoms with Crippen LogP contribution in [0.25, 0.3) is 0 Å². The second kappa shape index (κ2) is 2.86. The van der Waals surface area contributed by atoms with Gasteiger partial charge in [0, 0.05) is 3.57 Å². The molecule has 0 aliphatic carbocycles. The third-order valence-corrected chi connectivity index (χ3v) is 2.55. The van der Waals surface area contributed by atoms with Crippen molar-refractivity contribution in [3.05, 3.63) is 32.6 Å². The van der Waals surface area contributed by atoms with Crippen LogP contribution in [0.3, 0.4) is 0 Å². The van der Waals surface area contributed by atoms with Gasteiger partial charge in [0.25, 0.3) is 0 Å². The molecule has 0 unspecified atom stereocenters. The van der Waals surface area contributed by atoms with Gasteiger partial charge in [0.1, 0.15) is 5.82 Å². The monoisotopic (exact) mass is 250 g/mol. The molecule has 0 bridgehead atoms. The highest BCUT2D eigenvalue weighted by molar-refractivity contribution is 14.1. The van der Waals surface area contributed by atoms with Crippen molar-refractivity contribution in [3.8, 4) is 0 Å². The van der Waals surface area contributed by atoms with Gasteiger partial charge in [-0.15, -0.1) is 0 Å². The van der Waals surface area contributed by atoms with Crippen LogP contribution < -0.4 is 0 Å². The largest absolute Gasteiger partial charge is 0.207 e. The summed E-state index contributed by atoms with van der Waals surface area (Å²) >= 11 is 2.14. The summed E-state index contributed by atoms with van der Waals surface area (Å²) in [4.78, 5) is 0. The summed E-state index contributed by atoms with van der Waals surface area (Å²) in [6.07, 6.45) is 0. The molecule has 0 atom stereocenters. The molecule has 0 N–H and O–H groups in total. The summed E-state index contributed by atoms with van der Waals surface area (Å²) in [6, 6.07) is 3.52. The molecule has 54 valence electrons. The molecule has 0 radical (unpaired) electrons. The van der Waals surface area contributed by atoms with Crippen molar-refractivity contribution in [3.63, 3.8) is 0 Å². The van der Waals surface area contributed by atoms with Crippen molar-refractivity contribution in [2.75, 3.05) is 0 Å². The van der Waals surface area contributed by atoms with E-state index in [4.69, 9.17) is 0 Å². The maximum atomic E-state index is 12.8. The maximum absolute atomic E-state index is 12.8. The van der Waals surface area contributed by atoms with Crippen LogP contribution in [-0.4, -0.2) is 0 Å². The highest BCUT2D eigenvalue weighted by atomic mass is 127. The van der Waals surface area contributed by atoms with Crippen molar-refractivity contribution in [1.29, 1.82) is 0 Å². The fraction of sp³-hybridized carbons (Fsp3) is 0.250. The minimum Gasteiger partial charge on any atom is -0.207 e. The fourth-order valence-electron chi connectivity index (χ4n) is 0.772. The first-order valence-corrected chi connectivity index (χ1v) is 4.11. The smallest absolute Gasteiger partial charge is 0.127 e. The molecule has 0 nitrogen and oxygen atoms in total. The first kappa shape index (κ1) is 7.98. The maximum Gasteiger partial charge on any atom is 0.127 e. The number of benzene rings is 1. The van der Waals surface area contributed by atoms with Gasteiger partial charge in [-0.2, -0.15) is 0 Å². The minimum atomic E-state index is -0.107. The SMILES string of the molecule is Cc1cc(F)c(C)c(I)c1. The van der Waals surface area contributed by atoms with Crippen LogP contribution in [0, 0.1) is 23.2 Å². The number of hydrogen-bond donors (Lipinski definition) is 0. The summed E-state index contributed by atoms with van der Waals surface area (Å²) < 4.78 is 13.8. The van der Waals surface area contributed by atoms with E-state index in [-0.39, 0.29) is 5.82 Å². The van der Waals surface area contributed by atoms with Crippen LogP contribution in [0.4, 0.5) is 4.39 Å². The molecule has 0 saturated carbocycles. The van der Waals surface area contributed by atoms with Crippen molar-refractivity contribution in [2.45, 2.75) is 13.8 Å². The summed E-state index contributed by atoms with van der Waals surface area (Å²) in [5, 5.41) is 0. The normalized spacial score (nSPS) is 10.0. The quantitative estimate of drug-likeness (QED) is 0.621. The molecule has 0 saturated heterocycles. The van der Waals surface area contributed by atoms with E-state index in [1.807, 2.05) is 13.0 Å². The Bertz CT molecular complexity index is 232. The number of rotatable bonds is 0. The van der Waals surface area contributed by atoms with Crippen molar-refractivity contribution in [1.82, 2.24) is 0 Å². The Labute approximate surface area is 73.6 Å². The van der Waals surface area contributed by atoms with Gasteiger partial charge in [-0.25, -0.2) is 4.39 Å². The van der Waals surface area contributed by atoms with Gasteiger partial charge < -0.3 is 0 Å². The molecule has 0 amide bonds. The molecule has 10 heavy (non-hydrogen) atoms. The molecule has 2 heteroatoms. The minimum absolute atomic E-state index is 0.107. The topological polar surface area (TPSA) is 0 Å². The predicted octanol–water partition coefficient (Wildman–Crippen LogP) is 3.05. The van der Waals surface area contributed by atoms with Gasteiger partial charge in [0.05, 0.1) is 0 Å². The first-order chi connectivity index (χ1) is 4.61. The molecule has 1 rings (SSSR count). The summed E-state index contributed by atoms with van der Waals surface area (Å²) in [5.74, 6) is -0.107. The molecule has 0 heterocycles. The molecule has 0 spiro atoms. The van der Waals surface area contributed by atoms with E-state index in [2.05, 4.69) is 22.6 Å². The van der Waals surface area contributed by atoms with Crippen LogP contribution in [0.15, 0.2) is 12.1 Å². The average Bonchev–Trinajstić information content (AvgIpc) is 1.82. The van der Waals surface area contributed by atoms with Crippen molar-refractivity contribution < 1.29 is 4.39 Å². The zero-order valence-electron chi connectivity index (χ0n) is 5.91. The Morgan fingerprint density at radius 2 is 1.90 bits per heavy atom. The van der Waals surface area contributed by atoms with E-state index >= 15 is 0 Å². The molecule has 0 aliphatic rings. The number of hydrogen-bond acceptors (Lipinski definition) is 0.